The second-order valence-electron chi connectivity index (χ2n) is 8.60. The number of nitrogens with zero attached hydrogens (tertiary/aromatic N) is 4. The second-order valence-corrected chi connectivity index (χ2v) is 8.60. The van der Waals surface area contributed by atoms with E-state index in [0.717, 1.165) is 51.5 Å². The first-order chi connectivity index (χ1) is 13.2. The van der Waals surface area contributed by atoms with Crippen LogP contribution in [0.15, 0.2) is 18.5 Å². The average molecular weight is 371 g/mol. The smallest absolute Gasteiger partial charge is 0.234 e. The van der Waals surface area contributed by atoms with Crippen molar-refractivity contribution in [1.29, 1.82) is 0 Å². The Morgan fingerprint density at radius 3 is 2.89 bits per heavy atom. The van der Waals surface area contributed by atoms with E-state index in [1.165, 1.54) is 19.3 Å². The Kier molecular flexibility index (Phi) is 4.52. The van der Waals surface area contributed by atoms with Crippen molar-refractivity contribution in [3.05, 3.63) is 18.5 Å². The summed E-state index contributed by atoms with van der Waals surface area (Å²) in [5.41, 5.74) is -0.0634. The molecule has 4 aliphatic rings. The summed E-state index contributed by atoms with van der Waals surface area (Å²) < 4.78 is 6.47. The monoisotopic (exact) mass is 371 g/mol. The zero-order chi connectivity index (χ0) is 18.3. The minimum absolute atomic E-state index is 0.0634. The van der Waals surface area contributed by atoms with Crippen molar-refractivity contribution in [3.63, 3.8) is 0 Å². The van der Waals surface area contributed by atoms with Crippen LogP contribution < -0.4 is 10.2 Å². The molecule has 0 aliphatic carbocycles. The van der Waals surface area contributed by atoms with Gasteiger partial charge in [0.1, 0.15) is 0 Å². The quantitative estimate of drug-likeness (QED) is 0.835. The molecule has 7 nitrogen and oxygen atoms in total. The van der Waals surface area contributed by atoms with Crippen LogP contribution in [0.5, 0.6) is 0 Å². The second kappa shape index (κ2) is 7.02. The molecule has 2 bridgehead atoms. The highest BCUT2D eigenvalue weighted by molar-refractivity contribution is 5.78. The van der Waals surface area contributed by atoms with Gasteiger partial charge >= 0.3 is 0 Å². The summed E-state index contributed by atoms with van der Waals surface area (Å²) >= 11 is 0. The molecule has 1 amide bonds. The van der Waals surface area contributed by atoms with Gasteiger partial charge in [0.05, 0.1) is 24.8 Å². The van der Waals surface area contributed by atoms with Gasteiger partial charge in [-0.1, -0.05) is 6.42 Å². The van der Waals surface area contributed by atoms with Gasteiger partial charge in [0, 0.05) is 37.3 Å². The molecule has 4 saturated heterocycles. The van der Waals surface area contributed by atoms with Crippen LogP contribution in [-0.4, -0.2) is 71.7 Å². The Balaban J connectivity index is 1.20. The topological polar surface area (TPSA) is 70.6 Å². The van der Waals surface area contributed by atoms with Gasteiger partial charge in [-0.15, -0.1) is 0 Å². The van der Waals surface area contributed by atoms with E-state index in [0.29, 0.717) is 24.5 Å². The first kappa shape index (κ1) is 17.4. The number of carbonyl (C=O) groups excluding carboxylic acids is 1. The number of aromatic nitrogens is 2. The third-order valence-corrected chi connectivity index (χ3v) is 6.97. The van der Waals surface area contributed by atoms with Crippen LogP contribution in [0.25, 0.3) is 0 Å². The summed E-state index contributed by atoms with van der Waals surface area (Å²) in [7, 11) is 0. The fourth-order valence-corrected chi connectivity index (χ4v) is 5.68. The summed E-state index contributed by atoms with van der Waals surface area (Å²) in [5, 5.41) is 3.21. The van der Waals surface area contributed by atoms with Crippen LogP contribution in [0.2, 0.25) is 0 Å². The number of nitrogens with one attached hydrogen (secondary N) is 1. The summed E-state index contributed by atoms with van der Waals surface area (Å²) in [5.74, 6) is 1.81. The van der Waals surface area contributed by atoms with E-state index in [-0.39, 0.29) is 11.5 Å². The Bertz CT molecular complexity index is 680. The summed E-state index contributed by atoms with van der Waals surface area (Å²) in [6, 6.07) is 1.85. The molecule has 0 saturated carbocycles. The first-order valence-electron chi connectivity index (χ1n) is 10.4. The average Bonchev–Trinajstić information content (AvgIpc) is 3.36. The predicted octanol–water partition coefficient (Wildman–Crippen LogP) is 1.06. The maximum atomic E-state index is 12.4. The summed E-state index contributed by atoms with van der Waals surface area (Å²) in [4.78, 5) is 25.8. The SMILES string of the molecule is O=C(CN1CCCCC1)NC[C@H]1[C@H]2CN(c3ncccn3)C[C@]23CC[C@H]1O3. The van der Waals surface area contributed by atoms with Gasteiger partial charge in [0.2, 0.25) is 11.9 Å². The molecule has 7 heteroatoms. The number of hydrogen-bond acceptors (Lipinski definition) is 6. The van der Waals surface area contributed by atoms with Crippen molar-refractivity contribution >= 4 is 11.9 Å². The van der Waals surface area contributed by atoms with Crippen molar-refractivity contribution in [3.8, 4) is 0 Å². The Hall–Kier alpha value is -1.73. The van der Waals surface area contributed by atoms with Crippen molar-refractivity contribution in [1.82, 2.24) is 20.2 Å². The lowest BCUT2D eigenvalue weighted by atomic mass is 9.73. The maximum absolute atomic E-state index is 12.4. The number of ether oxygens (including phenoxy) is 1. The molecule has 4 fully saturated rings. The zero-order valence-electron chi connectivity index (χ0n) is 15.8. The normalized spacial score (nSPS) is 35.4. The van der Waals surface area contributed by atoms with Gasteiger partial charge in [0.15, 0.2) is 0 Å². The molecule has 1 aromatic rings. The van der Waals surface area contributed by atoms with E-state index in [4.69, 9.17) is 4.74 Å². The number of anilines is 1. The van der Waals surface area contributed by atoms with Gasteiger partial charge in [-0.3, -0.25) is 9.69 Å². The highest BCUT2D eigenvalue weighted by atomic mass is 16.5. The molecule has 4 atom stereocenters. The van der Waals surface area contributed by atoms with Crippen molar-refractivity contribution < 1.29 is 9.53 Å². The first-order valence-corrected chi connectivity index (χ1v) is 10.4. The number of likely N-dealkylation sites (tertiary alicyclic amines) is 1. The molecule has 5 rings (SSSR count). The third kappa shape index (κ3) is 3.21. The molecular formula is C20H29N5O2. The van der Waals surface area contributed by atoms with Crippen LogP contribution in [0.3, 0.4) is 0 Å². The Morgan fingerprint density at radius 1 is 1.26 bits per heavy atom. The molecule has 1 N–H and O–H groups in total. The molecule has 146 valence electrons. The highest BCUT2D eigenvalue weighted by Crippen LogP contribution is 2.54. The number of rotatable bonds is 5. The van der Waals surface area contributed by atoms with Crippen LogP contribution in [0.4, 0.5) is 5.95 Å². The molecule has 0 aromatic carbocycles. The van der Waals surface area contributed by atoms with Gasteiger partial charge in [-0.2, -0.15) is 0 Å². The molecule has 1 aromatic heterocycles. The lowest BCUT2D eigenvalue weighted by Crippen LogP contribution is -2.45. The molecular weight excluding hydrogens is 342 g/mol. The van der Waals surface area contributed by atoms with Crippen LogP contribution in [-0.2, 0) is 9.53 Å². The molecule has 0 radical (unpaired) electrons. The van der Waals surface area contributed by atoms with Crippen LogP contribution >= 0.6 is 0 Å². The van der Waals surface area contributed by atoms with Crippen LogP contribution in [0.1, 0.15) is 32.1 Å². The predicted molar refractivity (Wildman–Crippen MR) is 101 cm³/mol. The van der Waals surface area contributed by atoms with E-state index < -0.39 is 0 Å². The number of hydrogen-bond donors (Lipinski definition) is 1. The largest absolute Gasteiger partial charge is 0.369 e. The molecule has 0 unspecified atom stereocenters. The highest BCUT2D eigenvalue weighted by Gasteiger charge is 2.63. The van der Waals surface area contributed by atoms with Gasteiger partial charge in [-0.25, -0.2) is 9.97 Å². The van der Waals surface area contributed by atoms with Crippen molar-refractivity contribution in [2.45, 2.75) is 43.8 Å². The lowest BCUT2D eigenvalue weighted by Gasteiger charge is -2.30. The third-order valence-electron chi connectivity index (χ3n) is 6.97. The number of amides is 1. The lowest BCUT2D eigenvalue weighted by molar-refractivity contribution is -0.122. The van der Waals surface area contributed by atoms with Gasteiger partial charge in [0.25, 0.3) is 0 Å². The van der Waals surface area contributed by atoms with Gasteiger partial charge in [-0.05, 0) is 44.8 Å². The molecule has 5 heterocycles. The van der Waals surface area contributed by atoms with Gasteiger partial charge < -0.3 is 15.0 Å². The Labute approximate surface area is 160 Å². The minimum atomic E-state index is -0.0634. The minimum Gasteiger partial charge on any atom is -0.369 e. The fourth-order valence-electron chi connectivity index (χ4n) is 5.68. The summed E-state index contributed by atoms with van der Waals surface area (Å²) in [6.45, 7) is 5.18. The van der Waals surface area contributed by atoms with E-state index in [2.05, 4.69) is 25.1 Å². The molecule has 4 aliphatic heterocycles. The van der Waals surface area contributed by atoms with E-state index in [1.807, 2.05) is 6.07 Å². The van der Waals surface area contributed by atoms with Crippen molar-refractivity contribution in [2.24, 2.45) is 11.8 Å². The van der Waals surface area contributed by atoms with E-state index in [9.17, 15) is 4.79 Å². The fraction of sp³-hybridized carbons (Fsp3) is 0.750. The van der Waals surface area contributed by atoms with E-state index >= 15 is 0 Å². The maximum Gasteiger partial charge on any atom is 0.234 e. The molecule has 27 heavy (non-hydrogen) atoms. The van der Waals surface area contributed by atoms with E-state index in [1.54, 1.807) is 12.4 Å². The zero-order valence-corrected chi connectivity index (χ0v) is 15.8. The summed E-state index contributed by atoms with van der Waals surface area (Å²) in [6.07, 6.45) is 9.84. The standard InChI is InChI=1S/C20H29N5O2/c26-18(13-24-9-2-1-3-10-24)23-11-15-16-12-25(19-21-7-4-8-22-19)14-20(16)6-5-17(15)27-20/h4,7-8,15-17H,1-3,5-6,9-14H2,(H,23,26)/t15-,16+,17+,20+/m0/s1. The number of fused-ring (bicyclic) bond motifs is 1. The number of piperidine rings is 1. The van der Waals surface area contributed by atoms with Crippen molar-refractivity contribution in [2.75, 3.05) is 44.2 Å². The molecule has 1 spiro atoms. The number of carbonyl (C=O) groups is 1. The Morgan fingerprint density at radius 2 is 2.07 bits per heavy atom. The van der Waals surface area contributed by atoms with Crippen LogP contribution in [0, 0.1) is 11.8 Å².